The maximum Gasteiger partial charge on any atom is 0.405 e. The summed E-state index contributed by atoms with van der Waals surface area (Å²) in [6.45, 7) is -1.27. The zero-order valence-corrected chi connectivity index (χ0v) is 31.7. The number of Topliss-reactive ketones (excluding diaryl/α,β-unsaturated/α-hetero) is 1. The number of rotatable bonds is 17. The lowest BCUT2D eigenvalue weighted by molar-refractivity contribution is -0.165. The maximum atomic E-state index is 15.3. The zero-order chi connectivity index (χ0) is 42.3. The number of ether oxygens (including phenoxy) is 2. The van der Waals surface area contributed by atoms with Crippen LogP contribution in [-0.4, -0.2) is 107 Å². The van der Waals surface area contributed by atoms with Gasteiger partial charge in [-0.2, -0.15) is 30.7 Å². The molecule has 0 bridgehead atoms. The Morgan fingerprint density at radius 2 is 1.55 bits per heavy atom. The fourth-order valence-electron chi connectivity index (χ4n) is 5.94. The van der Waals surface area contributed by atoms with Crippen molar-refractivity contribution in [3.63, 3.8) is 0 Å². The molecule has 0 saturated carbocycles. The van der Waals surface area contributed by atoms with Gasteiger partial charge in [-0.05, 0) is 48.1 Å². The monoisotopic (exact) mass is 846 g/mol. The van der Waals surface area contributed by atoms with Crippen molar-refractivity contribution in [3.05, 3.63) is 64.7 Å². The first-order valence-corrected chi connectivity index (χ1v) is 18.2. The fourth-order valence-corrected chi connectivity index (χ4v) is 7.11. The lowest BCUT2D eigenvalue weighted by Crippen LogP contribution is -2.60. The number of ketones is 1. The summed E-state index contributed by atoms with van der Waals surface area (Å²) in [6.07, 6.45) is -5.65. The summed E-state index contributed by atoms with van der Waals surface area (Å²) in [4.78, 5) is 66.6. The quantitative estimate of drug-likeness (QED) is 0.106. The highest BCUT2D eigenvalue weighted by atomic mass is 35.5. The minimum absolute atomic E-state index is 0.141. The van der Waals surface area contributed by atoms with Gasteiger partial charge in [-0.25, -0.2) is 8.42 Å². The summed E-state index contributed by atoms with van der Waals surface area (Å²) in [6, 6.07) is 3.69. The molecule has 5 atom stereocenters. The maximum absolute atomic E-state index is 15.3. The SMILES string of the molecule is COC[C@H](NC(=O)C(F)(F)c1cccc(Cl)c1)C(=O)N1C[C@H](C(c2ccc(OC)cc2)[SH](=O)=O)C[C@H]1C(=O)N[C@H](C(=O)C(F)(F)C(=O)NCC(F)(F)F)C(C)C. The van der Waals surface area contributed by atoms with E-state index in [0.29, 0.717) is 10.6 Å². The van der Waals surface area contributed by atoms with Crippen LogP contribution in [0.1, 0.15) is 36.6 Å². The molecule has 56 heavy (non-hydrogen) atoms. The number of nitrogens with zero attached hydrogens (tertiary/aromatic N) is 1. The highest BCUT2D eigenvalue weighted by Gasteiger charge is 2.53. The molecule has 0 radical (unpaired) electrons. The molecule has 1 heterocycles. The molecule has 1 aliphatic heterocycles. The molecule has 2 aromatic carbocycles. The Morgan fingerprint density at radius 1 is 0.929 bits per heavy atom. The Kier molecular flexibility index (Phi) is 15.3. The summed E-state index contributed by atoms with van der Waals surface area (Å²) >= 11 is 5.80. The Balaban J connectivity index is 2.03. The average molecular weight is 847 g/mol. The van der Waals surface area contributed by atoms with Gasteiger partial charge < -0.3 is 30.3 Å². The number of carbonyl (C=O) groups is 5. The van der Waals surface area contributed by atoms with Crippen LogP contribution in [-0.2, 0) is 45.3 Å². The van der Waals surface area contributed by atoms with E-state index >= 15 is 8.78 Å². The van der Waals surface area contributed by atoms with E-state index in [2.05, 4.69) is 0 Å². The smallest absolute Gasteiger partial charge is 0.405 e. The molecular weight excluding hydrogens is 809 g/mol. The molecule has 310 valence electrons. The van der Waals surface area contributed by atoms with E-state index in [9.17, 15) is 54.3 Å². The van der Waals surface area contributed by atoms with E-state index < -0.39 is 125 Å². The summed E-state index contributed by atoms with van der Waals surface area (Å²) in [7, 11) is -0.989. The Bertz CT molecular complexity index is 1840. The molecule has 0 aromatic heterocycles. The first-order chi connectivity index (χ1) is 26.0. The number of benzene rings is 2. The third-order valence-electron chi connectivity index (χ3n) is 8.75. The van der Waals surface area contributed by atoms with E-state index in [1.807, 2.05) is 10.6 Å². The van der Waals surface area contributed by atoms with Gasteiger partial charge in [0, 0.05) is 24.2 Å². The van der Waals surface area contributed by atoms with Crippen molar-refractivity contribution >= 4 is 51.7 Å². The van der Waals surface area contributed by atoms with Crippen molar-refractivity contribution in [1.82, 2.24) is 20.9 Å². The molecule has 1 fully saturated rings. The van der Waals surface area contributed by atoms with Crippen LogP contribution >= 0.6 is 11.6 Å². The minimum atomic E-state index is -5.11. The van der Waals surface area contributed by atoms with Crippen LogP contribution in [0.25, 0.3) is 0 Å². The van der Waals surface area contributed by atoms with E-state index in [1.165, 1.54) is 37.4 Å². The Labute approximate surface area is 322 Å². The molecule has 2 aromatic rings. The van der Waals surface area contributed by atoms with Crippen molar-refractivity contribution in [2.45, 2.75) is 61.7 Å². The Hall–Kier alpha value is -4.50. The highest BCUT2D eigenvalue weighted by Crippen LogP contribution is 2.38. The number of alkyl halides is 7. The first kappa shape index (κ1) is 45.9. The number of methoxy groups -OCH3 is 2. The second-order valence-electron chi connectivity index (χ2n) is 13.0. The molecule has 3 rings (SSSR count). The van der Waals surface area contributed by atoms with Gasteiger partial charge in [0.05, 0.1) is 25.0 Å². The van der Waals surface area contributed by atoms with Crippen LogP contribution in [0.5, 0.6) is 5.75 Å². The van der Waals surface area contributed by atoms with Crippen LogP contribution < -0.4 is 20.7 Å². The highest BCUT2D eigenvalue weighted by molar-refractivity contribution is 7.72. The predicted molar refractivity (Wildman–Crippen MR) is 185 cm³/mol. The average Bonchev–Trinajstić information content (AvgIpc) is 3.56. The van der Waals surface area contributed by atoms with Gasteiger partial charge in [0.25, 0.3) is 11.8 Å². The van der Waals surface area contributed by atoms with Gasteiger partial charge >= 0.3 is 18.0 Å². The lowest BCUT2D eigenvalue weighted by atomic mass is 9.93. The van der Waals surface area contributed by atoms with Crippen LogP contribution in [0.2, 0.25) is 5.02 Å². The van der Waals surface area contributed by atoms with Crippen LogP contribution in [0, 0.1) is 11.8 Å². The lowest BCUT2D eigenvalue weighted by Gasteiger charge is -2.31. The summed E-state index contributed by atoms with van der Waals surface area (Å²) in [5.41, 5.74) is -0.678. The van der Waals surface area contributed by atoms with Crippen LogP contribution in [0.4, 0.5) is 30.7 Å². The number of hydrogen-bond acceptors (Lipinski definition) is 9. The number of halogens is 8. The molecule has 13 nitrogen and oxygen atoms in total. The third kappa shape index (κ3) is 11.1. The van der Waals surface area contributed by atoms with E-state index in [4.69, 9.17) is 21.1 Å². The molecule has 1 aliphatic rings. The molecule has 1 unspecified atom stereocenters. The van der Waals surface area contributed by atoms with Crippen molar-refractivity contribution in [2.75, 3.05) is 33.9 Å². The second-order valence-corrected chi connectivity index (χ2v) is 14.6. The van der Waals surface area contributed by atoms with Gasteiger partial charge in [0.15, 0.2) is 0 Å². The van der Waals surface area contributed by atoms with Crippen LogP contribution in [0.3, 0.4) is 0 Å². The van der Waals surface area contributed by atoms with Crippen molar-refractivity contribution in [1.29, 1.82) is 0 Å². The molecule has 22 heteroatoms. The molecule has 1 saturated heterocycles. The number of thiol groups is 1. The molecule has 3 N–H and O–H groups in total. The first-order valence-electron chi connectivity index (χ1n) is 16.5. The zero-order valence-electron chi connectivity index (χ0n) is 30.0. The van der Waals surface area contributed by atoms with Crippen LogP contribution in [0.15, 0.2) is 48.5 Å². The summed E-state index contributed by atoms with van der Waals surface area (Å²) in [5.74, 6) is -21.0. The molecule has 0 spiro atoms. The number of likely N-dealkylation sites (tertiary alicyclic amines) is 1. The fraction of sp³-hybridized carbons (Fsp3) is 0.500. The van der Waals surface area contributed by atoms with Crippen molar-refractivity contribution < 1.29 is 72.6 Å². The van der Waals surface area contributed by atoms with E-state index in [0.717, 1.165) is 44.5 Å². The number of amides is 4. The minimum Gasteiger partial charge on any atom is -0.497 e. The molecule has 4 amide bonds. The van der Waals surface area contributed by atoms with Gasteiger partial charge in [-0.1, -0.05) is 49.7 Å². The largest absolute Gasteiger partial charge is 0.497 e. The van der Waals surface area contributed by atoms with Gasteiger partial charge in [0.1, 0.15) is 35.1 Å². The standard InChI is InChI=1S/C34H38ClF7N4O9S/c1-17(2)25(27(47)34(41,42)30(50)43-16-32(36,37)38)45-28(48)24-12-19(26(56(52)53)18-8-10-22(55-4)11-9-18)14-46(24)29(49)23(15-54-3)44-31(51)33(39,40)20-6-5-7-21(35)13-20/h5-11,13,17,19,23-26,56H,12,14-16H2,1-4H3,(H,43,50)(H,44,51)(H,45,48)/t19-,23+,24+,25+,26?/m1/s1. The Morgan fingerprint density at radius 3 is 2.07 bits per heavy atom. The summed E-state index contributed by atoms with van der Waals surface area (Å²) in [5, 5.41) is 3.21. The normalized spacial score (nSPS) is 17.9. The van der Waals surface area contributed by atoms with Crippen molar-refractivity contribution in [2.24, 2.45) is 11.8 Å². The summed E-state index contributed by atoms with van der Waals surface area (Å²) < 4.78 is 134. The predicted octanol–water partition coefficient (Wildman–Crippen LogP) is 3.17. The topological polar surface area (TPSA) is 177 Å². The van der Waals surface area contributed by atoms with Crippen molar-refractivity contribution in [3.8, 4) is 5.75 Å². The number of nitrogens with one attached hydrogen (secondary N) is 3. The van der Waals surface area contributed by atoms with Gasteiger partial charge in [-0.15, -0.1) is 0 Å². The van der Waals surface area contributed by atoms with E-state index in [1.54, 1.807) is 0 Å². The van der Waals surface area contributed by atoms with E-state index in [-0.39, 0.29) is 10.6 Å². The second kappa shape index (κ2) is 18.6. The number of carbonyl (C=O) groups excluding carboxylic acids is 5. The number of hydrogen-bond donors (Lipinski definition) is 4. The van der Waals surface area contributed by atoms with Gasteiger partial charge in [0.2, 0.25) is 17.6 Å². The third-order valence-corrected chi connectivity index (χ3v) is 10.2. The van der Waals surface area contributed by atoms with Gasteiger partial charge in [-0.3, -0.25) is 24.0 Å². The molecule has 0 aliphatic carbocycles. The molecular formula is C34H38ClF7N4O9S.